The monoisotopic (exact) mass is 221 g/mol. The quantitative estimate of drug-likeness (QED) is 0.658. The molecule has 1 aromatic heterocycles. The van der Waals surface area contributed by atoms with E-state index < -0.39 is 11.5 Å². The number of benzene rings is 1. The van der Waals surface area contributed by atoms with Gasteiger partial charge in [-0.25, -0.2) is 0 Å². The summed E-state index contributed by atoms with van der Waals surface area (Å²) in [6, 6.07) is 10.2. The van der Waals surface area contributed by atoms with Gasteiger partial charge in [-0.2, -0.15) is 0 Å². The number of carboxylic acid groups (broad SMARTS) is 1. The number of aromatic nitrogens is 1. The molecule has 2 N–H and O–H groups in total. The summed E-state index contributed by atoms with van der Waals surface area (Å²) in [5.41, 5.74) is 0.124. The van der Waals surface area contributed by atoms with Crippen molar-refractivity contribution in [3.8, 4) is 0 Å². The van der Waals surface area contributed by atoms with E-state index in [-0.39, 0.29) is 0 Å². The van der Waals surface area contributed by atoms with Gasteiger partial charge in [0.2, 0.25) is 0 Å². The largest absolute Gasteiger partial charge is 0.481 e. The highest BCUT2D eigenvalue weighted by Crippen LogP contribution is 2.08. The third-order valence-electron chi connectivity index (χ3n) is 1.78. The SMILES string of the molecule is CC(=O)O.O=c1ccc2ccccc2n1O. The number of hydrogen-bond donors (Lipinski definition) is 2. The molecule has 5 heteroatoms. The van der Waals surface area contributed by atoms with Crippen molar-refractivity contribution in [3.63, 3.8) is 0 Å². The summed E-state index contributed by atoms with van der Waals surface area (Å²) in [6.07, 6.45) is 0. The third kappa shape index (κ3) is 2.84. The molecule has 1 heterocycles. The van der Waals surface area contributed by atoms with Gasteiger partial charge >= 0.3 is 0 Å². The fourth-order valence-electron chi connectivity index (χ4n) is 1.17. The molecule has 2 aromatic rings. The summed E-state index contributed by atoms with van der Waals surface area (Å²) in [7, 11) is 0. The predicted octanol–water partition coefficient (Wildman–Crippen LogP) is 1.33. The first-order valence-corrected chi connectivity index (χ1v) is 4.52. The Morgan fingerprint density at radius 1 is 1.19 bits per heavy atom. The van der Waals surface area contributed by atoms with Gasteiger partial charge in [-0.3, -0.25) is 9.59 Å². The van der Waals surface area contributed by atoms with Crippen molar-refractivity contribution in [3.05, 3.63) is 46.8 Å². The lowest BCUT2D eigenvalue weighted by Gasteiger charge is -2.00. The maximum atomic E-state index is 10.9. The second-order valence-corrected chi connectivity index (χ2v) is 3.06. The molecule has 0 amide bonds. The fraction of sp³-hybridized carbons (Fsp3) is 0.0909. The Morgan fingerprint density at radius 2 is 1.75 bits per heavy atom. The molecule has 1 aromatic carbocycles. The van der Waals surface area contributed by atoms with E-state index in [0.717, 1.165) is 12.3 Å². The van der Waals surface area contributed by atoms with Crippen LogP contribution in [0, 0.1) is 0 Å². The molecule has 0 fully saturated rings. The number of carbonyl (C=O) groups is 1. The molecular formula is C11H11NO4. The molecule has 0 spiro atoms. The summed E-state index contributed by atoms with van der Waals surface area (Å²) >= 11 is 0. The van der Waals surface area contributed by atoms with Crippen LogP contribution in [0.25, 0.3) is 10.9 Å². The van der Waals surface area contributed by atoms with Crippen LogP contribution < -0.4 is 5.56 Å². The molecule has 0 radical (unpaired) electrons. The Labute approximate surface area is 91.1 Å². The highest BCUT2D eigenvalue weighted by atomic mass is 16.5. The van der Waals surface area contributed by atoms with Gasteiger partial charge in [0, 0.05) is 18.4 Å². The number of carboxylic acids is 1. The number of pyridine rings is 1. The Balaban J connectivity index is 0.000000280. The summed E-state index contributed by atoms with van der Waals surface area (Å²) < 4.78 is 0.648. The standard InChI is InChI=1S/C9H7NO2.C2H4O2/c11-9-6-5-7-3-1-2-4-8(7)10(9)12;1-2(3)4/h1-6,12H;1H3,(H,3,4). The van der Waals surface area contributed by atoms with Crippen LogP contribution in [0.4, 0.5) is 0 Å². The molecule has 0 saturated heterocycles. The van der Waals surface area contributed by atoms with Crippen molar-refractivity contribution in [2.24, 2.45) is 0 Å². The molecule has 0 aliphatic carbocycles. The Morgan fingerprint density at radius 3 is 2.38 bits per heavy atom. The van der Waals surface area contributed by atoms with Gasteiger partial charge in [-0.05, 0) is 12.1 Å². The van der Waals surface area contributed by atoms with Crippen molar-refractivity contribution >= 4 is 16.9 Å². The van der Waals surface area contributed by atoms with Crippen molar-refractivity contribution < 1.29 is 15.1 Å². The summed E-state index contributed by atoms with van der Waals surface area (Å²) in [5.74, 6) is -0.833. The van der Waals surface area contributed by atoms with E-state index in [1.165, 1.54) is 6.07 Å². The highest BCUT2D eigenvalue weighted by Gasteiger charge is 1.97. The number of aliphatic carboxylic acids is 1. The van der Waals surface area contributed by atoms with Gasteiger partial charge in [0.1, 0.15) is 0 Å². The molecule has 0 saturated carbocycles. The van der Waals surface area contributed by atoms with E-state index in [4.69, 9.17) is 9.90 Å². The molecule has 84 valence electrons. The van der Waals surface area contributed by atoms with Crippen LogP contribution in [0.1, 0.15) is 6.92 Å². The first kappa shape index (κ1) is 11.8. The average Bonchev–Trinajstić information content (AvgIpc) is 2.23. The first-order valence-electron chi connectivity index (χ1n) is 4.52. The third-order valence-corrected chi connectivity index (χ3v) is 1.78. The Hall–Kier alpha value is -2.30. The van der Waals surface area contributed by atoms with Crippen LogP contribution >= 0.6 is 0 Å². The van der Waals surface area contributed by atoms with Gasteiger partial charge in [0.25, 0.3) is 11.5 Å². The minimum absolute atomic E-state index is 0.409. The maximum Gasteiger partial charge on any atom is 0.300 e. The van der Waals surface area contributed by atoms with Gasteiger partial charge in [0.15, 0.2) is 0 Å². The first-order chi connectivity index (χ1) is 7.52. The fourth-order valence-corrected chi connectivity index (χ4v) is 1.17. The summed E-state index contributed by atoms with van der Waals surface area (Å²) in [4.78, 5) is 19.9. The van der Waals surface area contributed by atoms with E-state index in [2.05, 4.69) is 0 Å². The molecule has 0 unspecified atom stereocenters. The average molecular weight is 221 g/mol. The normalized spacial score (nSPS) is 9.31. The summed E-state index contributed by atoms with van der Waals surface area (Å²) in [5, 5.41) is 17.5. The maximum absolute atomic E-state index is 10.9. The Kier molecular flexibility index (Phi) is 3.66. The van der Waals surface area contributed by atoms with Crippen molar-refractivity contribution in [2.45, 2.75) is 6.92 Å². The zero-order valence-corrected chi connectivity index (χ0v) is 8.62. The van der Waals surface area contributed by atoms with Crippen molar-refractivity contribution in [2.75, 3.05) is 0 Å². The molecule has 5 nitrogen and oxygen atoms in total. The molecular weight excluding hydrogens is 210 g/mol. The molecule has 2 rings (SSSR count). The second kappa shape index (κ2) is 4.97. The van der Waals surface area contributed by atoms with Gasteiger partial charge < -0.3 is 10.3 Å². The molecule has 0 aliphatic rings. The van der Waals surface area contributed by atoms with Crippen molar-refractivity contribution in [1.29, 1.82) is 0 Å². The molecule has 0 atom stereocenters. The number of rotatable bonds is 0. The van der Waals surface area contributed by atoms with E-state index in [0.29, 0.717) is 10.2 Å². The lowest BCUT2D eigenvalue weighted by molar-refractivity contribution is -0.134. The summed E-state index contributed by atoms with van der Waals surface area (Å²) in [6.45, 7) is 1.08. The number of para-hydroxylation sites is 1. The second-order valence-electron chi connectivity index (χ2n) is 3.06. The van der Waals surface area contributed by atoms with E-state index in [1.807, 2.05) is 12.1 Å². The van der Waals surface area contributed by atoms with Crippen LogP contribution in [0.15, 0.2) is 41.2 Å². The van der Waals surface area contributed by atoms with Crippen molar-refractivity contribution in [1.82, 2.24) is 4.73 Å². The van der Waals surface area contributed by atoms with Crippen LogP contribution in [0.2, 0.25) is 0 Å². The number of hydrogen-bond acceptors (Lipinski definition) is 3. The number of nitrogens with zero attached hydrogens (tertiary/aromatic N) is 1. The van der Waals surface area contributed by atoms with Crippen LogP contribution in [0.5, 0.6) is 0 Å². The van der Waals surface area contributed by atoms with Crippen LogP contribution in [0.3, 0.4) is 0 Å². The van der Waals surface area contributed by atoms with Gasteiger partial charge in [-0.15, -0.1) is 4.73 Å². The van der Waals surface area contributed by atoms with Gasteiger partial charge in [-0.1, -0.05) is 18.2 Å². The van der Waals surface area contributed by atoms with Gasteiger partial charge in [0.05, 0.1) is 5.52 Å². The van der Waals surface area contributed by atoms with E-state index >= 15 is 0 Å². The number of fused-ring (bicyclic) bond motifs is 1. The lowest BCUT2D eigenvalue weighted by atomic mass is 10.2. The van der Waals surface area contributed by atoms with E-state index in [9.17, 15) is 10.0 Å². The Bertz CT molecular complexity index is 555. The zero-order chi connectivity index (χ0) is 12.1. The smallest absolute Gasteiger partial charge is 0.300 e. The minimum Gasteiger partial charge on any atom is -0.481 e. The zero-order valence-electron chi connectivity index (χ0n) is 8.62. The van der Waals surface area contributed by atoms with Crippen LogP contribution in [-0.2, 0) is 4.79 Å². The van der Waals surface area contributed by atoms with Crippen LogP contribution in [-0.4, -0.2) is 21.0 Å². The highest BCUT2D eigenvalue weighted by molar-refractivity contribution is 5.78. The predicted molar refractivity (Wildman–Crippen MR) is 58.7 cm³/mol. The topological polar surface area (TPSA) is 79.5 Å². The molecule has 16 heavy (non-hydrogen) atoms. The minimum atomic E-state index is -0.833. The van der Waals surface area contributed by atoms with E-state index in [1.54, 1.807) is 18.2 Å². The molecule has 0 aliphatic heterocycles. The molecule has 0 bridgehead atoms. The lowest BCUT2D eigenvalue weighted by Crippen LogP contribution is -2.15.